The Morgan fingerprint density at radius 2 is 2.08 bits per heavy atom. The number of nitrogens with one attached hydrogen (secondary N) is 1. The van der Waals surface area contributed by atoms with Crippen LogP contribution >= 0.6 is 24.2 Å². The molecular formula is C20H31ClN2O2S. The summed E-state index contributed by atoms with van der Waals surface area (Å²) >= 11 is 1.99. The van der Waals surface area contributed by atoms with Gasteiger partial charge in [-0.2, -0.15) is 11.8 Å². The monoisotopic (exact) mass is 398 g/mol. The Morgan fingerprint density at radius 1 is 1.31 bits per heavy atom. The highest BCUT2D eigenvalue weighted by atomic mass is 35.5. The third kappa shape index (κ3) is 5.88. The first-order valence-electron chi connectivity index (χ1n) is 9.43. The van der Waals surface area contributed by atoms with Gasteiger partial charge in [0, 0.05) is 35.4 Å². The van der Waals surface area contributed by atoms with Crippen molar-refractivity contribution in [2.24, 2.45) is 11.7 Å². The largest absolute Gasteiger partial charge is 0.381 e. The number of thioether (sulfide) groups is 1. The van der Waals surface area contributed by atoms with Gasteiger partial charge in [-0.1, -0.05) is 25.0 Å². The highest BCUT2D eigenvalue weighted by Crippen LogP contribution is 2.33. The van der Waals surface area contributed by atoms with Crippen molar-refractivity contribution in [1.82, 2.24) is 0 Å². The Labute approximate surface area is 167 Å². The van der Waals surface area contributed by atoms with E-state index in [1.807, 2.05) is 30.8 Å². The van der Waals surface area contributed by atoms with Crippen LogP contribution in [0.1, 0.15) is 51.0 Å². The molecule has 1 aromatic carbocycles. The van der Waals surface area contributed by atoms with Crippen molar-refractivity contribution in [2.45, 2.75) is 62.0 Å². The van der Waals surface area contributed by atoms with Crippen LogP contribution in [0, 0.1) is 5.92 Å². The molecule has 1 heterocycles. The van der Waals surface area contributed by atoms with E-state index in [-0.39, 0.29) is 24.2 Å². The van der Waals surface area contributed by atoms with Gasteiger partial charge >= 0.3 is 0 Å². The van der Waals surface area contributed by atoms with Crippen LogP contribution in [0.15, 0.2) is 24.3 Å². The van der Waals surface area contributed by atoms with Crippen molar-refractivity contribution in [2.75, 3.05) is 18.5 Å². The zero-order chi connectivity index (χ0) is 17.7. The molecule has 0 aromatic heterocycles. The van der Waals surface area contributed by atoms with Crippen LogP contribution in [-0.2, 0) is 15.3 Å². The summed E-state index contributed by atoms with van der Waals surface area (Å²) in [6, 6.07) is 8.23. The van der Waals surface area contributed by atoms with Gasteiger partial charge in [-0.05, 0) is 50.3 Å². The van der Waals surface area contributed by atoms with Gasteiger partial charge in [0.1, 0.15) is 0 Å². The second-order valence-electron chi connectivity index (χ2n) is 7.62. The zero-order valence-corrected chi connectivity index (χ0v) is 17.2. The van der Waals surface area contributed by atoms with Crippen LogP contribution in [-0.4, -0.2) is 29.9 Å². The molecule has 1 saturated heterocycles. The quantitative estimate of drug-likeness (QED) is 0.773. The molecule has 1 aromatic rings. The molecule has 3 rings (SSSR count). The number of halogens is 1. The summed E-state index contributed by atoms with van der Waals surface area (Å²) in [5.41, 5.74) is 8.12. The summed E-state index contributed by atoms with van der Waals surface area (Å²) in [4.78, 5) is 12.7. The van der Waals surface area contributed by atoms with E-state index in [4.69, 9.17) is 10.5 Å². The fourth-order valence-corrected chi connectivity index (χ4v) is 4.95. The number of anilines is 1. The van der Waals surface area contributed by atoms with Crippen molar-refractivity contribution < 1.29 is 9.53 Å². The third-order valence-corrected chi connectivity index (χ3v) is 6.86. The Bertz CT molecular complexity index is 591. The van der Waals surface area contributed by atoms with E-state index in [1.54, 1.807) is 0 Å². The van der Waals surface area contributed by atoms with Gasteiger partial charge in [0.25, 0.3) is 0 Å². The molecule has 2 fully saturated rings. The second kappa shape index (κ2) is 9.98. The third-order valence-electron chi connectivity index (χ3n) is 5.42. The topological polar surface area (TPSA) is 64.4 Å². The zero-order valence-electron chi connectivity index (χ0n) is 15.5. The molecule has 2 unspecified atom stereocenters. The van der Waals surface area contributed by atoms with Gasteiger partial charge in [0.05, 0.1) is 5.92 Å². The Morgan fingerprint density at radius 3 is 2.81 bits per heavy atom. The normalized spacial score (nSPS) is 26.8. The molecule has 1 amide bonds. The van der Waals surface area contributed by atoms with Crippen molar-refractivity contribution in [1.29, 1.82) is 0 Å². The van der Waals surface area contributed by atoms with Crippen molar-refractivity contribution in [3.8, 4) is 0 Å². The highest BCUT2D eigenvalue weighted by molar-refractivity contribution is 7.99. The lowest BCUT2D eigenvalue weighted by Gasteiger charge is -2.37. The molecule has 0 bridgehead atoms. The maximum absolute atomic E-state index is 12.7. The molecule has 3 N–H and O–H groups in total. The summed E-state index contributed by atoms with van der Waals surface area (Å²) in [6.45, 7) is 3.78. The molecule has 26 heavy (non-hydrogen) atoms. The summed E-state index contributed by atoms with van der Waals surface area (Å²) in [5.74, 6) is 0.951. The predicted molar refractivity (Wildman–Crippen MR) is 112 cm³/mol. The van der Waals surface area contributed by atoms with Gasteiger partial charge in [-0.15, -0.1) is 12.4 Å². The predicted octanol–water partition coefficient (Wildman–Crippen LogP) is 4.37. The standard InChI is InChI=1S/C20H30N2O2S.ClH/c1-20(21)10-3-2-7-18(20)19(23)22-16-6-4-5-15(13-16)14-25-17-8-11-24-12-9-17;/h4-6,13,17-18H,2-3,7-12,14,21H2,1H3,(H,22,23);1H. The first-order valence-corrected chi connectivity index (χ1v) is 10.5. The second-order valence-corrected chi connectivity index (χ2v) is 8.91. The van der Waals surface area contributed by atoms with Gasteiger partial charge < -0.3 is 15.8 Å². The maximum Gasteiger partial charge on any atom is 0.229 e. The molecule has 1 aliphatic heterocycles. The summed E-state index contributed by atoms with van der Waals surface area (Å²) in [7, 11) is 0. The van der Waals surface area contributed by atoms with E-state index in [0.29, 0.717) is 5.25 Å². The minimum absolute atomic E-state index is 0. The molecule has 0 spiro atoms. The molecule has 1 saturated carbocycles. The van der Waals surface area contributed by atoms with Crippen LogP contribution in [0.4, 0.5) is 5.69 Å². The van der Waals surface area contributed by atoms with Crippen LogP contribution in [0.25, 0.3) is 0 Å². The molecule has 2 atom stereocenters. The first kappa shape index (κ1) is 21.5. The average Bonchev–Trinajstić information content (AvgIpc) is 2.61. The van der Waals surface area contributed by atoms with Gasteiger partial charge in [0.2, 0.25) is 5.91 Å². The van der Waals surface area contributed by atoms with E-state index in [9.17, 15) is 4.79 Å². The number of ether oxygens (including phenoxy) is 1. The van der Waals surface area contributed by atoms with Gasteiger partial charge in [0.15, 0.2) is 0 Å². The number of rotatable bonds is 5. The van der Waals surface area contributed by atoms with E-state index in [0.717, 1.165) is 63.2 Å². The lowest BCUT2D eigenvalue weighted by Crippen LogP contribution is -2.51. The van der Waals surface area contributed by atoms with Crippen LogP contribution in [0.3, 0.4) is 0 Å². The summed E-state index contributed by atoms with van der Waals surface area (Å²) in [5, 5.41) is 3.78. The van der Waals surface area contributed by atoms with Crippen molar-refractivity contribution in [3.63, 3.8) is 0 Å². The lowest BCUT2D eigenvalue weighted by atomic mass is 9.74. The number of carbonyl (C=O) groups is 1. The van der Waals surface area contributed by atoms with Crippen LogP contribution in [0.5, 0.6) is 0 Å². The minimum Gasteiger partial charge on any atom is -0.381 e. The summed E-state index contributed by atoms with van der Waals surface area (Å²) < 4.78 is 5.42. The molecule has 0 radical (unpaired) electrons. The number of nitrogens with two attached hydrogens (primary N) is 1. The molecule has 4 nitrogen and oxygen atoms in total. The molecular weight excluding hydrogens is 368 g/mol. The molecule has 1 aliphatic carbocycles. The highest BCUT2D eigenvalue weighted by Gasteiger charge is 2.37. The average molecular weight is 399 g/mol. The number of amides is 1. The van der Waals surface area contributed by atoms with Crippen molar-refractivity contribution in [3.05, 3.63) is 29.8 Å². The maximum atomic E-state index is 12.7. The Kier molecular flexibility index (Phi) is 8.27. The number of hydrogen-bond acceptors (Lipinski definition) is 4. The fourth-order valence-electron chi connectivity index (χ4n) is 3.81. The smallest absolute Gasteiger partial charge is 0.229 e. The van der Waals surface area contributed by atoms with Crippen LogP contribution < -0.4 is 11.1 Å². The van der Waals surface area contributed by atoms with Crippen LogP contribution in [0.2, 0.25) is 0 Å². The molecule has 6 heteroatoms. The Balaban J connectivity index is 0.00000243. The van der Waals surface area contributed by atoms with Gasteiger partial charge in [-0.25, -0.2) is 0 Å². The number of benzene rings is 1. The van der Waals surface area contributed by atoms with E-state index in [2.05, 4.69) is 17.4 Å². The lowest BCUT2D eigenvalue weighted by molar-refractivity contribution is -0.122. The molecule has 2 aliphatic rings. The Hall–Kier alpha value is -0.750. The SMILES string of the molecule is CC1(N)CCCCC1C(=O)Nc1cccc(CSC2CCOCC2)c1.Cl. The fraction of sp³-hybridized carbons (Fsp3) is 0.650. The van der Waals surface area contributed by atoms with Gasteiger partial charge in [-0.3, -0.25) is 4.79 Å². The van der Waals surface area contributed by atoms with Crippen molar-refractivity contribution >= 4 is 35.8 Å². The van der Waals surface area contributed by atoms with E-state index >= 15 is 0 Å². The number of carbonyl (C=O) groups excluding carboxylic acids is 1. The summed E-state index contributed by atoms with van der Waals surface area (Å²) in [6.07, 6.45) is 6.29. The van der Waals surface area contributed by atoms with E-state index in [1.165, 1.54) is 5.56 Å². The number of hydrogen-bond donors (Lipinski definition) is 2. The minimum atomic E-state index is -0.390. The van der Waals surface area contributed by atoms with E-state index < -0.39 is 5.54 Å². The first-order chi connectivity index (χ1) is 12.0. The molecule has 146 valence electrons.